The van der Waals surface area contributed by atoms with E-state index in [-0.39, 0.29) is 33.8 Å². The Morgan fingerprint density at radius 2 is 1.87 bits per heavy atom. The minimum atomic E-state index is -3.33. The van der Waals surface area contributed by atoms with E-state index in [0.29, 0.717) is 18.9 Å². The van der Waals surface area contributed by atoms with E-state index in [2.05, 4.69) is 20.8 Å². The van der Waals surface area contributed by atoms with Gasteiger partial charge in [-0.25, -0.2) is 8.42 Å². The van der Waals surface area contributed by atoms with Crippen LogP contribution in [-0.4, -0.2) is 36.8 Å². The quantitative estimate of drug-likeness (QED) is 0.795. The van der Waals surface area contributed by atoms with Gasteiger partial charge in [0.05, 0.1) is 11.2 Å². The molecule has 5 rings (SSSR count). The summed E-state index contributed by atoms with van der Waals surface area (Å²) in [5.74, 6) is 0.855. The molecule has 0 aromatic rings. The normalized spacial score (nSPS) is 53.1. The van der Waals surface area contributed by atoms with Gasteiger partial charge in [0.25, 0.3) is 0 Å². The second-order valence-corrected chi connectivity index (χ2v) is 12.4. The third-order valence-corrected chi connectivity index (χ3v) is 9.80. The number of sulfonamides is 1. The number of carbonyl (C=O) groups excluding carboxylic acids is 1. The molecule has 5 heteroatoms. The molecule has 0 N–H and O–H groups in total. The maximum absolute atomic E-state index is 13.2. The highest BCUT2D eigenvalue weighted by Gasteiger charge is 2.87. The molecular formula is C18H27NO3S. The summed E-state index contributed by atoms with van der Waals surface area (Å²) >= 11 is 0. The van der Waals surface area contributed by atoms with Crippen LogP contribution in [0.25, 0.3) is 0 Å². The molecule has 4 saturated carbocycles. The number of hydrogen-bond donors (Lipinski definition) is 0. The van der Waals surface area contributed by atoms with Crippen molar-refractivity contribution in [2.45, 2.75) is 65.3 Å². The highest BCUT2D eigenvalue weighted by molar-refractivity contribution is 7.89. The van der Waals surface area contributed by atoms with Crippen LogP contribution in [0.2, 0.25) is 0 Å². The van der Waals surface area contributed by atoms with Crippen LogP contribution >= 0.6 is 0 Å². The SMILES string of the molecule is CC1(C)CC2CC(C)(CN2S(=O)(=O)C[C@]23CC24C[C@H]4CC3=O)C1. The number of carbonyl (C=O) groups is 1. The molecule has 1 saturated heterocycles. The van der Waals surface area contributed by atoms with Crippen LogP contribution < -0.4 is 0 Å². The van der Waals surface area contributed by atoms with E-state index in [0.717, 1.165) is 32.1 Å². The van der Waals surface area contributed by atoms with Gasteiger partial charge in [-0.2, -0.15) is 4.31 Å². The van der Waals surface area contributed by atoms with Crippen LogP contribution in [0, 0.1) is 27.6 Å². The molecule has 3 unspecified atom stereocenters. The first kappa shape index (κ1) is 14.9. The lowest BCUT2D eigenvalue weighted by molar-refractivity contribution is -0.122. The van der Waals surface area contributed by atoms with Crippen LogP contribution in [0.15, 0.2) is 0 Å². The van der Waals surface area contributed by atoms with Crippen LogP contribution in [0.1, 0.15) is 59.3 Å². The number of hydrogen-bond acceptors (Lipinski definition) is 3. The number of rotatable bonds is 3. The first-order valence-electron chi connectivity index (χ1n) is 9.04. The van der Waals surface area contributed by atoms with Crippen LogP contribution in [-0.2, 0) is 14.8 Å². The fraction of sp³-hybridized carbons (Fsp3) is 0.944. The number of fused-ring (bicyclic) bond motifs is 2. The molecule has 0 aromatic heterocycles. The van der Waals surface area contributed by atoms with Crippen molar-refractivity contribution in [3.63, 3.8) is 0 Å². The van der Waals surface area contributed by atoms with Crippen molar-refractivity contribution >= 4 is 15.8 Å². The molecule has 1 heterocycles. The van der Waals surface area contributed by atoms with Gasteiger partial charge in [0.2, 0.25) is 10.0 Å². The maximum atomic E-state index is 13.2. The van der Waals surface area contributed by atoms with E-state index in [1.165, 1.54) is 0 Å². The van der Waals surface area contributed by atoms with Gasteiger partial charge in [-0.15, -0.1) is 0 Å². The molecule has 128 valence electrons. The van der Waals surface area contributed by atoms with Crippen molar-refractivity contribution in [2.75, 3.05) is 12.3 Å². The standard InChI is InChI=1S/C18H27NO3S/c1-15(2)6-13-7-16(3,8-15)10-19(13)23(21,22)11-18-9-17(18)5-12(17)4-14(18)20/h12-13H,4-11H2,1-3H3/t12-,13?,16?,17?,18+/m1/s1. The molecule has 5 fully saturated rings. The Kier molecular flexibility index (Phi) is 2.41. The van der Waals surface area contributed by atoms with Gasteiger partial charge in [0, 0.05) is 19.0 Å². The minimum absolute atomic E-state index is 0.0995. The molecule has 23 heavy (non-hydrogen) atoms. The molecule has 0 radical (unpaired) electrons. The van der Waals surface area contributed by atoms with Crippen LogP contribution in [0.4, 0.5) is 0 Å². The van der Waals surface area contributed by atoms with Gasteiger partial charge < -0.3 is 0 Å². The van der Waals surface area contributed by atoms with E-state index >= 15 is 0 Å². The average Bonchev–Trinajstić information content (AvgIpc) is 3.17. The molecule has 4 nitrogen and oxygen atoms in total. The minimum Gasteiger partial charge on any atom is -0.299 e. The molecule has 5 atom stereocenters. The number of ketones is 1. The maximum Gasteiger partial charge on any atom is 0.215 e. The zero-order valence-corrected chi connectivity index (χ0v) is 15.2. The summed E-state index contributed by atoms with van der Waals surface area (Å²) in [6, 6.07) is 0.145. The predicted octanol–water partition coefficient (Wildman–Crippen LogP) is 2.59. The summed E-state index contributed by atoms with van der Waals surface area (Å²) in [6.07, 6.45) is 5.63. The Morgan fingerprint density at radius 3 is 2.48 bits per heavy atom. The Morgan fingerprint density at radius 1 is 1.13 bits per heavy atom. The monoisotopic (exact) mass is 337 g/mol. The summed E-state index contributed by atoms with van der Waals surface area (Å²) in [5, 5.41) is 0. The van der Waals surface area contributed by atoms with Gasteiger partial charge in [-0.3, -0.25) is 4.79 Å². The van der Waals surface area contributed by atoms with E-state index < -0.39 is 15.4 Å². The molecule has 4 aliphatic carbocycles. The fourth-order valence-corrected chi connectivity index (χ4v) is 9.59. The highest BCUT2D eigenvalue weighted by atomic mass is 32.2. The molecule has 2 bridgehead atoms. The highest BCUT2D eigenvalue weighted by Crippen LogP contribution is 2.87. The van der Waals surface area contributed by atoms with Crippen molar-refractivity contribution in [3.8, 4) is 0 Å². The van der Waals surface area contributed by atoms with Gasteiger partial charge >= 0.3 is 0 Å². The Balaban J connectivity index is 1.43. The zero-order chi connectivity index (χ0) is 16.5. The summed E-state index contributed by atoms with van der Waals surface area (Å²) < 4.78 is 28.2. The Labute approximate surface area is 139 Å². The zero-order valence-electron chi connectivity index (χ0n) is 14.4. The summed E-state index contributed by atoms with van der Waals surface area (Å²) in [4.78, 5) is 12.4. The molecule has 0 amide bonds. The third kappa shape index (κ3) is 1.76. The third-order valence-electron chi connectivity index (χ3n) is 7.80. The van der Waals surface area contributed by atoms with E-state index in [9.17, 15) is 13.2 Å². The van der Waals surface area contributed by atoms with Gasteiger partial charge in [-0.05, 0) is 54.3 Å². The summed E-state index contributed by atoms with van der Waals surface area (Å²) in [6.45, 7) is 7.42. The fourth-order valence-electron chi connectivity index (χ4n) is 7.14. The van der Waals surface area contributed by atoms with E-state index in [1.807, 2.05) is 0 Å². The van der Waals surface area contributed by atoms with Crippen LogP contribution in [0.5, 0.6) is 0 Å². The first-order valence-corrected chi connectivity index (χ1v) is 10.6. The predicted molar refractivity (Wildman–Crippen MR) is 87.2 cm³/mol. The number of nitrogens with zero attached hydrogens (tertiary/aromatic N) is 1. The number of Topliss-reactive ketones (excluding diaryl/α,β-unsaturated/α-hetero) is 1. The smallest absolute Gasteiger partial charge is 0.215 e. The Bertz CT molecular complexity index is 729. The largest absolute Gasteiger partial charge is 0.299 e. The second-order valence-electron chi connectivity index (χ2n) is 10.5. The molecule has 1 aliphatic heterocycles. The summed E-state index contributed by atoms with van der Waals surface area (Å²) in [5.41, 5.74) is -0.0370. The lowest BCUT2D eigenvalue weighted by atomic mass is 9.65. The van der Waals surface area contributed by atoms with E-state index in [4.69, 9.17) is 0 Å². The Hall–Kier alpha value is -0.420. The summed E-state index contributed by atoms with van der Waals surface area (Å²) in [7, 11) is -3.33. The van der Waals surface area contributed by atoms with Crippen molar-refractivity contribution in [1.29, 1.82) is 0 Å². The van der Waals surface area contributed by atoms with Crippen molar-refractivity contribution in [2.24, 2.45) is 27.6 Å². The van der Waals surface area contributed by atoms with Gasteiger partial charge in [0.15, 0.2) is 0 Å². The van der Waals surface area contributed by atoms with Crippen molar-refractivity contribution < 1.29 is 13.2 Å². The lowest BCUT2D eigenvalue weighted by Gasteiger charge is -2.39. The molecule has 1 spiro atoms. The van der Waals surface area contributed by atoms with Crippen molar-refractivity contribution in [3.05, 3.63) is 0 Å². The lowest BCUT2D eigenvalue weighted by Crippen LogP contribution is -2.41. The van der Waals surface area contributed by atoms with Gasteiger partial charge in [-0.1, -0.05) is 20.8 Å². The van der Waals surface area contributed by atoms with Crippen LogP contribution in [0.3, 0.4) is 0 Å². The average molecular weight is 337 g/mol. The van der Waals surface area contributed by atoms with Gasteiger partial charge in [0.1, 0.15) is 5.78 Å². The molecule has 5 aliphatic rings. The van der Waals surface area contributed by atoms with Crippen molar-refractivity contribution in [1.82, 2.24) is 4.31 Å². The van der Waals surface area contributed by atoms with E-state index in [1.54, 1.807) is 4.31 Å². The second kappa shape index (κ2) is 3.72. The molecular weight excluding hydrogens is 310 g/mol. The molecule has 0 aromatic carbocycles. The topological polar surface area (TPSA) is 54.5 Å². The first-order chi connectivity index (χ1) is 10.5.